The van der Waals surface area contributed by atoms with Crippen LogP contribution in [-0.4, -0.2) is 34.4 Å². The molecule has 1 heterocycles. The highest BCUT2D eigenvalue weighted by Crippen LogP contribution is 2.29. The van der Waals surface area contributed by atoms with Gasteiger partial charge in [0.25, 0.3) is 5.91 Å². The zero-order chi connectivity index (χ0) is 24.8. The molecule has 1 unspecified atom stereocenters. The minimum absolute atomic E-state index is 0.154. The van der Waals surface area contributed by atoms with E-state index in [9.17, 15) is 9.59 Å². The molecule has 4 rings (SSSR count). The van der Waals surface area contributed by atoms with E-state index in [0.717, 1.165) is 41.8 Å². The molecule has 180 valence electrons. The third-order valence-corrected chi connectivity index (χ3v) is 6.82. The summed E-state index contributed by atoms with van der Waals surface area (Å²) in [6, 6.07) is 16.0. The molecule has 1 aliphatic carbocycles. The van der Waals surface area contributed by atoms with Crippen LogP contribution in [-0.2, 0) is 19.4 Å². The van der Waals surface area contributed by atoms with Gasteiger partial charge in [-0.15, -0.1) is 11.3 Å². The molecule has 0 saturated heterocycles. The summed E-state index contributed by atoms with van der Waals surface area (Å²) in [5, 5.41) is 15.4. The zero-order valence-electron chi connectivity index (χ0n) is 19.6. The molecule has 0 saturated carbocycles. The van der Waals surface area contributed by atoms with E-state index >= 15 is 0 Å². The smallest absolute Gasteiger partial charge is 0.322 e. The second kappa shape index (κ2) is 11.1. The minimum Gasteiger partial charge on any atom is -0.327 e. The number of carbonyl (C=O) groups excluding carboxylic acids is 2. The van der Waals surface area contributed by atoms with E-state index in [0.29, 0.717) is 35.0 Å². The van der Waals surface area contributed by atoms with E-state index in [2.05, 4.69) is 21.7 Å². The molecule has 0 spiro atoms. The molecule has 0 bridgehead atoms. The molecule has 1 aliphatic rings. The number of urea groups is 1. The molecule has 4 N–H and O–H groups in total. The summed E-state index contributed by atoms with van der Waals surface area (Å²) in [4.78, 5) is 33.2. The molecule has 35 heavy (non-hydrogen) atoms. The second-order valence-electron chi connectivity index (χ2n) is 8.59. The molecule has 1 atom stereocenters. The number of nitrogens with zero attached hydrogens (tertiary/aromatic N) is 3. The number of hydrogen-bond acceptors (Lipinski definition) is 6. The van der Waals surface area contributed by atoms with Gasteiger partial charge in [0, 0.05) is 35.3 Å². The van der Waals surface area contributed by atoms with Crippen LogP contribution in [0.15, 0.2) is 48.5 Å². The number of nitrogens with one attached hydrogen (secondary N) is 2. The van der Waals surface area contributed by atoms with Gasteiger partial charge in [-0.3, -0.25) is 10.1 Å². The predicted molar refractivity (Wildman–Crippen MR) is 137 cm³/mol. The summed E-state index contributed by atoms with van der Waals surface area (Å²) in [5.74, 6) is -0.234. The highest BCUT2D eigenvalue weighted by molar-refractivity contribution is 7.15. The SMILES string of the molecule is CCCN(Cc1cccc(C(=O)Nc2nc3c(s2)CC(N)CC3)c1)C(=O)Nc1cccc(C#N)c1. The Hall–Kier alpha value is -3.74. The number of nitrogens with two attached hydrogens (primary N) is 1. The lowest BCUT2D eigenvalue weighted by Crippen LogP contribution is -2.35. The number of hydrogen-bond donors (Lipinski definition) is 3. The maximum atomic E-state index is 12.9. The van der Waals surface area contributed by atoms with Crippen LogP contribution in [0, 0.1) is 11.3 Å². The number of aryl methyl sites for hydroxylation is 1. The van der Waals surface area contributed by atoms with Gasteiger partial charge in [0.2, 0.25) is 0 Å². The Morgan fingerprint density at radius 1 is 1.23 bits per heavy atom. The fraction of sp³-hybridized carbons (Fsp3) is 0.308. The predicted octanol–water partition coefficient (Wildman–Crippen LogP) is 4.53. The molecule has 1 aromatic heterocycles. The minimum atomic E-state index is -0.261. The monoisotopic (exact) mass is 488 g/mol. The zero-order valence-corrected chi connectivity index (χ0v) is 20.4. The Kier molecular flexibility index (Phi) is 7.75. The molecule has 0 aliphatic heterocycles. The Bertz CT molecular complexity index is 1260. The van der Waals surface area contributed by atoms with E-state index in [1.807, 2.05) is 19.1 Å². The molecule has 3 aromatic rings. The van der Waals surface area contributed by atoms with Gasteiger partial charge in [-0.1, -0.05) is 25.1 Å². The van der Waals surface area contributed by atoms with Gasteiger partial charge < -0.3 is 16.0 Å². The van der Waals surface area contributed by atoms with Crippen LogP contribution in [0.4, 0.5) is 15.6 Å². The first-order chi connectivity index (χ1) is 16.9. The summed E-state index contributed by atoms with van der Waals surface area (Å²) in [5.41, 5.74) is 9.48. The highest BCUT2D eigenvalue weighted by Gasteiger charge is 2.21. The molecule has 3 amide bonds. The van der Waals surface area contributed by atoms with Crippen molar-refractivity contribution in [3.63, 3.8) is 0 Å². The lowest BCUT2D eigenvalue weighted by atomic mass is 9.99. The normalized spacial score (nSPS) is 14.5. The maximum absolute atomic E-state index is 12.9. The van der Waals surface area contributed by atoms with Crippen LogP contribution in [0.2, 0.25) is 0 Å². The van der Waals surface area contributed by atoms with Crippen LogP contribution >= 0.6 is 11.3 Å². The number of thiazole rings is 1. The standard InChI is InChI=1S/C26H28N6O2S/c1-2-11-32(26(34)29-21-8-4-5-17(13-21)15-27)16-18-6-3-7-19(12-18)24(33)31-25-30-22-10-9-20(28)14-23(22)35-25/h3-8,12-13,20H,2,9-11,14,16,28H2,1H3,(H,29,34)(H,30,31,33). The van der Waals surface area contributed by atoms with Crippen molar-refractivity contribution in [1.82, 2.24) is 9.88 Å². The Labute approximate surface area is 208 Å². The van der Waals surface area contributed by atoms with Crippen LogP contribution in [0.5, 0.6) is 0 Å². The van der Waals surface area contributed by atoms with Gasteiger partial charge in [0.15, 0.2) is 5.13 Å². The fourth-order valence-electron chi connectivity index (χ4n) is 4.05. The van der Waals surface area contributed by atoms with E-state index in [1.165, 1.54) is 11.3 Å². The highest BCUT2D eigenvalue weighted by atomic mass is 32.1. The van der Waals surface area contributed by atoms with Crippen molar-refractivity contribution in [2.24, 2.45) is 5.73 Å². The molecule has 0 radical (unpaired) electrons. The number of amides is 3. The largest absolute Gasteiger partial charge is 0.327 e. The van der Waals surface area contributed by atoms with Gasteiger partial charge in [-0.2, -0.15) is 5.26 Å². The second-order valence-corrected chi connectivity index (χ2v) is 9.67. The van der Waals surface area contributed by atoms with E-state index in [4.69, 9.17) is 11.0 Å². The van der Waals surface area contributed by atoms with Gasteiger partial charge in [0.05, 0.1) is 17.3 Å². The van der Waals surface area contributed by atoms with Crippen molar-refractivity contribution in [2.75, 3.05) is 17.2 Å². The summed E-state index contributed by atoms with van der Waals surface area (Å²) < 4.78 is 0. The van der Waals surface area contributed by atoms with Gasteiger partial charge >= 0.3 is 6.03 Å². The van der Waals surface area contributed by atoms with Crippen molar-refractivity contribution in [1.29, 1.82) is 5.26 Å². The van der Waals surface area contributed by atoms with E-state index in [-0.39, 0.29) is 18.0 Å². The molecular weight excluding hydrogens is 460 g/mol. The number of nitriles is 1. The number of benzene rings is 2. The number of anilines is 2. The van der Waals surface area contributed by atoms with Crippen LogP contribution in [0.25, 0.3) is 0 Å². The van der Waals surface area contributed by atoms with Gasteiger partial charge in [-0.25, -0.2) is 9.78 Å². The molecule has 9 heteroatoms. The van der Waals surface area contributed by atoms with Crippen molar-refractivity contribution in [3.8, 4) is 6.07 Å². The number of rotatable bonds is 7. The molecule has 8 nitrogen and oxygen atoms in total. The molecule has 2 aromatic carbocycles. The molecule has 0 fully saturated rings. The average molecular weight is 489 g/mol. The van der Waals surface area contributed by atoms with Crippen LogP contribution in [0.1, 0.15) is 51.8 Å². The van der Waals surface area contributed by atoms with Crippen LogP contribution < -0.4 is 16.4 Å². The number of carbonyl (C=O) groups is 2. The number of aromatic nitrogens is 1. The Morgan fingerprint density at radius 3 is 2.86 bits per heavy atom. The third-order valence-electron chi connectivity index (χ3n) is 5.78. The first-order valence-electron chi connectivity index (χ1n) is 11.7. The van der Waals surface area contributed by atoms with E-state index < -0.39 is 0 Å². The Balaban J connectivity index is 1.43. The summed E-state index contributed by atoms with van der Waals surface area (Å²) in [6.07, 6.45) is 3.34. The van der Waals surface area contributed by atoms with Crippen molar-refractivity contribution in [2.45, 2.75) is 45.2 Å². The lowest BCUT2D eigenvalue weighted by Gasteiger charge is -2.23. The van der Waals surface area contributed by atoms with Crippen LogP contribution in [0.3, 0.4) is 0 Å². The maximum Gasteiger partial charge on any atom is 0.322 e. The van der Waals surface area contributed by atoms with Crippen molar-refractivity contribution in [3.05, 3.63) is 75.8 Å². The topological polar surface area (TPSA) is 124 Å². The summed E-state index contributed by atoms with van der Waals surface area (Å²) in [7, 11) is 0. The summed E-state index contributed by atoms with van der Waals surface area (Å²) >= 11 is 1.49. The van der Waals surface area contributed by atoms with Crippen molar-refractivity contribution >= 4 is 34.1 Å². The summed E-state index contributed by atoms with van der Waals surface area (Å²) in [6.45, 7) is 2.90. The first-order valence-corrected chi connectivity index (χ1v) is 12.5. The van der Waals surface area contributed by atoms with E-state index in [1.54, 1.807) is 41.3 Å². The van der Waals surface area contributed by atoms with Crippen molar-refractivity contribution < 1.29 is 9.59 Å². The number of fused-ring (bicyclic) bond motifs is 1. The third kappa shape index (κ3) is 6.23. The fourth-order valence-corrected chi connectivity index (χ4v) is 5.14. The first kappa shape index (κ1) is 24.4. The molecular formula is C26H28N6O2S. The lowest BCUT2D eigenvalue weighted by molar-refractivity contribution is 0.102. The Morgan fingerprint density at radius 2 is 2.06 bits per heavy atom. The quantitative estimate of drug-likeness (QED) is 0.451. The van der Waals surface area contributed by atoms with Gasteiger partial charge in [-0.05, 0) is 61.6 Å². The average Bonchev–Trinajstić information content (AvgIpc) is 3.25. The van der Waals surface area contributed by atoms with Gasteiger partial charge in [0.1, 0.15) is 0 Å².